The summed E-state index contributed by atoms with van der Waals surface area (Å²) in [5, 5.41) is 0. The summed E-state index contributed by atoms with van der Waals surface area (Å²) >= 11 is 5.53. The molecule has 1 heterocycles. The third-order valence-electron chi connectivity index (χ3n) is 2.92. The van der Waals surface area contributed by atoms with Gasteiger partial charge in [-0.2, -0.15) is 0 Å². The van der Waals surface area contributed by atoms with Gasteiger partial charge < -0.3 is 0 Å². The molecule has 0 aromatic heterocycles. The number of sulfonamides is 1. The van der Waals surface area contributed by atoms with E-state index in [1.807, 2.05) is 0 Å². The Morgan fingerprint density at radius 3 is 2.25 bits per heavy atom. The molecule has 0 radical (unpaired) electrons. The molecule has 0 saturated carbocycles. The van der Waals surface area contributed by atoms with E-state index in [1.54, 1.807) is 0 Å². The van der Waals surface area contributed by atoms with Gasteiger partial charge in [0.25, 0.3) is 15.9 Å². The molecule has 4 nitrogen and oxygen atoms in total. The number of carbonyl (C=O) groups excluding carboxylic acids is 1. The van der Waals surface area contributed by atoms with Crippen molar-refractivity contribution in [2.24, 2.45) is 0 Å². The monoisotopic (exact) mass is 267 g/mol. The van der Waals surface area contributed by atoms with E-state index < -0.39 is 14.8 Å². The Bertz CT molecular complexity index is 364. The van der Waals surface area contributed by atoms with Gasteiger partial charge in [0.05, 0.1) is 0 Å². The van der Waals surface area contributed by atoms with Crippen LogP contribution in [0.1, 0.15) is 39.5 Å². The molecule has 1 aliphatic heterocycles. The Kier molecular flexibility index (Phi) is 4.23. The maximum absolute atomic E-state index is 11.7. The number of halogens is 1. The Hall–Kier alpha value is -0.290. The molecule has 16 heavy (non-hydrogen) atoms. The highest BCUT2D eigenvalue weighted by Crippen LogP contribution is 2.34. The summed E-state index contributed by atoms with van der Waals surface area (Å²) in [6, 6.07) is 0. The molecule has 0 atom stereocenters. The summed E-state index contributed by atoms with van der Waals surface area (Å²) in [5.41, 5.74) is 0. The Labute approximate surface area is 102 Å². The van der Waals surface area contributed by atoms with Gasteiger partial charge in [-0.3, -0.25) is 4.79 Å². The lowest BCUT2D eigenvalue weighted by molar-refractivity contribution is -0.132. The molecule has 0 unspecified atom stereocenters. The van der Waals surface area contributed by atoms with Crippen LogP contribution in [0.15, 0.2) is 0 Å². The van der Waals surface area contributed by atoms with Crippen LogP contribution < -0.4 is 0 Å². The quantitative estimate of drug-likeness (QED) is 0.544. The summed E-state index contributed by atoms with van der Waals surface area (Å²) in [6.45, 7) is 3.22. The molecule has 1 rings (SSSR count). The topological polar surface area (TPSA) is 54.5 Å². The molecule has 1 amide bonds. The van der Waals surface area contributed by atoms with Crippen molar-refractivity contribution in [3.63, 3.8) is 0 Å². The highest BCUT2D eigenvalue weighted by Gasteiger charge is 2.59. The van der Waals surface area contributed by atoms with Crippen LogP contribution in [0.5, 0.6) is 0 Å². The zero-order valence-electron chi connectivity index (χ0n) is 9.70. The fourth-order valence-electron chi connectivity index (χ4n) is 1.68. The van der Waals surface area contributed by atoms with E-state index in [4.69, 9.17) is 11.6 Å². The first-order chi connectivity index (χ1) is 7.35. The minimum atomic E-state index is -3.38. The molecule has 1 aliphatic rings. The average Bonchev–Trinajstić information content (AvgIpc) is 2.22. The van der Waals surface area contributed by atoms with Gasteiger partial charge in [0.15, 0.2) is 4.75 Å². The second kappa shape index (κ2) is 4.92. The van der Waals surface area contributed by atoms with Gasteiger partial charge in [0, 0.05) is 12.4 Å². The first-order valence-corrected chi connectivity index (χ1v) is 7.46. The van der Waals surface area contributed by atoms with E-state index in [0.717, 1.165) is 30.0 Å². The number of nitrogens with zero attached hydrogens (tertiary/aromatic N) is 1. The Balaban J connectivity index is 2.38. The summed E-state index contributed by atoms with van der Waals surface area (Å²) in [5.74, 6) is 0.346. The first-order valence-electron chi connectivity index (χ1n) is 5.48. The third kappa shape index (κ3) is 2.20. The van der Waals surface area contributed by atoms with Crippen LogP contribution in [0, 0.1) is 0 Å². The van der Waals surface area contributed by atoms with Gasteiger partial charge in [-0.1, -0.05) is 12.8 Å². The summed E-state index contributed by atoms with van der Waals surface area (Å²) < 4.78 is 23.1. The van der Waals surface area contributed by atoms with E-state index in [0.29, 0.717) is 12.4 Å². The molecule has 0 aromatic rings. The summed E-state index contributed by atoms with van der Waals surface area (Å²) in [6.07, 6.45) is 3.55. The van der Waals surface area contributed by atoms with E-state index in [-0.39, 0.29) is 5.91 Å². The van der Waals surface area contributed by atoms with Crippen LogP contribution in [0.3, 0.4) is 0 Å². The number of rotatable bonds is 6. The van der Waals surface area contributed by atoms with Crippen LogP contribution in [-0.4, -0.2) is 35.8 Å². The lowest BCUT2D eigenvalue weighted by Gasteiger charge is -2.43. The summed E-state index contributed by atoms with van der Waals surface area (Å²) in [4.78, 5) is 11.5. The molecule has 0 aromatic carbocycles. The van der Waals surface area contributed by atoms with Crippen molar-refractivity contribution in [1.82, 2.24) is 4.31 Å². The van der Waals surface area contributed by atoms with Gasteiger partial charge in [0.2, 0.25) is 0 Å². The molecule has 1 fully saturated rings. The van der Waals surface area contributed by atoms with Crippen molar-refractivity contribution in [2.75, 3.05) is 12.4 Å². The minimum absolute atomic E-state index is 0.287. The van der Waals surface area contributed by atoms with E-state index in [9.17, 15) is 13.2 Å². The predicted octanol–water partition coefficient (Wildman–Crippen LogP) is 1.74. The molecule has 1 saturated heterocycles. The van der Waals surface area contributed by atoms with E-state index in [2.05, 4.69) is 0 Å². The molecule has 0 spiro atoms. The van der Waals surface area contributed by atoms with Gasteiger partial charge in [-0.05, 0) is 26.7 Å². The molecule has 0 N–H and O–H groups in total. The number of hydrogen-bond acceptors (Lipinski definition) is 3. The van der Waals surface area contributed by atoms with E-state index in [1.165, 1.54) is 13.8 Å². The SMILES string of the molecule is CC1(C)C(=O)N(CCCCCCCl)S1(=O)=O. The molecule has 94 valence electrons. The number of unbranched alkanes of at least 4 members (excludes halogenated alkanes) is 3. The van der Waals surface area contributed by atoms with Gasteiger partial charge in [-0.15, -0.1) is 11.6 Å². The van der Waals surface area contributed by atoms with Crippen LogP contribution in [0.25, 0.3) is 0 Å². The number of carbonyl (C=O) groups is 1. The second-order valence-corrected chi connectivity index (χ2v) is 7.29. The molecule has 6 heteroatoms. The first kappa shape index (κ1) is 13.8. The second-order valence-electron chi connectivity index (χ2n) is 4.50. The van der Waals surface area contributed by atoms with Crippen LogP contribution in [-0.2, 0) is 14.8 Å². The Morgan fingerprint density at radius 2 is 1.75 bits per heavy atom. The predicted molar refractivity (Wildman–Crippen MR) is 63.9 cm³/mol. The smallest absolute Gasteiger partial charge is 0.258 e. The van der Waals surface area contributed by atoms with Crippen LogP contribution in [0.4, 0.5) is 0 Å². The van der Waals surface area contributed by atoms with Crippen molar-refractivity contribution in [2.45, 2.75) is 44.3 Å². The zero-order chi connectivity index (χ0) is 12.4. The molecular formula is C10H18ClNO3S. The van der Waals surface area contributed by atoms with Gasteiger partial charge >= 0.3 is 0 Å². The minimum Gasteiger partial charge on any atom is -0.272 e. The zero-order valence-corrected chi connectivity index (χ0v) is 11.3. The molecular weight excluding hydrogens is 250 g/mol. The van der Waals surface area contributed by atoms with E-state index >= 15 is 0 Å². The number of amides is 1. The van der Waals surface area contributed by atoms with Crippen molar-refractivity contribution in [1.29, 1.82) is 0 Å². The lowest BCUT2D eigenvalue weighted by Crippen LogP contribution is -2.67. The normalized spacial score (nSPS) is 21.9. The number of alkyl halides is 1. The maximum atomic E-state index is 11.7. The third-order valence-corrected chi connectivity index (χ3v) is 5.58. The van der Waals surface area contributed by atoms with Crippen molar-refractivity contribution in [3.8, 4) is 0 Å². The average molecular weight is 268 g/mol. The fraction of sp³-hybridized carbons (Fsp3) is 0.900. The van der Waals surface area contributed by atoms with Crippen molar-refractivity contribution in [3.05, 3.63) is 0 Å². The van der Waals surface area contributed by atoms with Crippen molar-refractivity contribution >= 4 is 27.5 Å². The standard InChI is InChI=1S/C10H18ClNO3S/c1-10(2)9(13)12(16(10,14)15)8-6-4-3-5-7-11/h3-8H2,1-2H3. The Morgan fingerprint density at radius 1 is 1.19 bits per heavy atom. The van der Waals surface area contributed by atoms with Crippen LogP contribution in [0.2, 0.25) is 0 Å². The van der Waals surface area contributed by atoms with Gasteiger partial charge in [-0.25, -0.2) is 12.7 Å². The largest absolute Gasteiger partial charge is 0.272 e. The van der Waals surface area contributed by atoms with Crippen LogP contribution >= 0.6 is 11.6 Å². The number of hydrogen-bond donors (Lipinski definition) is 0. The maximum Gasteiger partial charge on any atom is 0.258 e. The highest BCUT2D eigenvalue weighted by atomic mass is 35.5. The van der Waals surface area contributed by atoms with Gasteiger partial charge in [0.1, 0.15) is 0 Å². The molecule has 0 aliphatic carbocycles. The summed E-state index contributed by atoms with van der Waals surface area (Å²) in [7, 11) is -3.38. The molecule has 0 bridgehead atoms. The lowest BCUT2D eigenvalue weighted by atomic mass is 10.1. The highest BCUT2D eigenvalue weighted by molar-refractivity contribution is 7.94. The fourth-order valence-corrected chi connectivity index (χ4v) is 3.44. The van der Waals surface area contributed by atoms with Crippen molar-refractivity contribution < 1.29 is 13.2 Å².